The number of nitrogen functional groups attached to an aromatic ring is 1. The lowest BCUT2D eigenvalue weighted by Gasteiger charge is -2.22. The van der Waals surface area contributed by atoms with Crippen LogP contribution >= 0.6 is 12.6 Å². The number of anilines is 1. The van der Waals surface area contributed by atoms with E-state index in [4.69, 9.17) is 55.6 Å². The number of aromatic amines is 1. The zero-order chi connectivity index (χ0) is 56.1. The predicted molar refractivity (Wildman–Crippen MR) is 249 cm³/mol. The van der Waals surface area contributed by atoms with Crippen LogP contribution in [0.4, 0.5) is 5.95 Å². The highest BCUT2D eigenvalue weighted by Gasteiger charge is 2.29. The molecule has 0 aliphatic heterocycles. The SMILES string of the molecule is C[C@@H](CC(=O)[C@@H](C)NC(=O)[C@@H](CCCN=C(N)N)CC(=O)[C@@H](C)NC(=O)CC[C@@H](CC(=O)c1ccc(CCc2cnc3nc(N)[nH]c(=O)c3n2)cc1)C(=O)O)C(=O)NCCS.O=C=O.O=C=O.O=C=O.O=C=O. The highest BCUT2D eigenvalue weighted by atomic mass is 32.1. The minimum Gasteiger partial charge on any atom is -0.481 e. The Bertz CT molecular complexity index is 2500. The Morgan fingerprint density at radius 1 is 0.767 bits per heavy atom. The number of aliphatic carboxylic acids is 1. The van der Waals surface area contributed by atoms with Crippen LogP contribution in [-0.2, 0) is 80.0 Å². The summed E-state index contributed by atoms with van der Waals surface area (Å²) >= 11 is 4.05. The first-order valence-electron chi connectivity index (χ1n) is 21.5. The second-order valence-corrected chi connectivity index (χ2v) is 15.6. The number of aryl methyl sites for hydroxylation is 2. The van der Waals surface area contributed by atoms with Crippen LogP contribution < -0.4 is 38.7 Å². The number of guanidine groups is 1. The number of aromatic nitrogens is 4. The van der Waals surface area contributed by atoms with E-state index in [2.05, 4.69) is 53.5 Å². The Morgan fingerprint density at radius 3 is 1.88 bits per heavy atom. The molecule has 3 rings (SSSR count). The summed E-state index contributed by atoms with van der Waals surface area (Å²) < 4.78 is 0. The van der Waals surface area contributed by atoms with Crippen molar-refractivity contribution in [3.8, 4) is 0 Å². The van der Waals surface area contributed by atoms with Gasteiger partial charge in [0.2, 0.25) is 23.7 Å². The molecule has 3 aromatic rings. The van der Waals surface area contributed by atoms with Crippen molar-refractivity contribution in [3.63, 3.8) is 0 Å². The first-order valence-corrected chi connectivity index (χ1v) is 22.1. The molecule has 29 heteroatoms. The number of thiol groups is 1. The van der Waals surface area contributed by atoms with Gasteiger partial charge in [-0.2, -0.15) is 56.0 Å². The maximum atomic E-state index is 13.3. The molecule has 0 fully saturated rings. The van der Waals surface area contributed by atoms with Gasteiger partial charge in [0, 0.05) is 61.9 Å². The number of benzene rings is 1. The van der Waals surface area contributed by atoms with Gasteiger partial charge in [-0.05, 0) is 51.5 Å². The van der Waals surface area contributed by atoms with Crippen LogP contribution in [0.25, 0.3) is 11.2 Å². The number of fused-ring (bicyclic) bond motifs is 1. The molecule has 2 aromatic heterocycles. The molecular weight excluding hydrogens is 987 g/mol. The van der Waals surface area contributed by atoms with E-state index in [0.29, 0.717) is 37.3 Å². The van der Waals surface area contributed by atoms with Crippen molar-refractivity contribution in [2.75, 3.05) is 24.6 Å². The van der Waals surface area contributed by atoms with Crippen molar-refractivity contribution in [3.05, 3.63) is 57.6 Å². The fourth-order valence-electron chi connectivity index (χ4n) is 6.20. The van der Waals surface area contributed by atoms with Gasteiger partial charge in [0.15, 0.2) is 34.5 Å². The summed E-state index contributed by atoms with van der Waals surface area (Å²) in [6.07, 6.45) is 2.70. The molecule has 0 bridgehead atoms. The standard InChI is InChI=1S/C40H55N11O9S.4CO2/c1-21(35(56)44-15-16-61)17-29(52)23(3)48-36(57)26(5-4-14-45-39(41)42)18-30(53)22(2)47-32(55)13-11-27(38(59)60)19-31(54)25-9-6-24(7-10-25)8-12-28-20-46-34-33(49-28)37(58)51-40(43)50-34;4*2-1-3/h6-7,9-10,20-23,26-27,61H,4-5,8,11-19H2,1-3H3,(H,44,56)(H,47,55)(H,48,57)(H,59,60)(H4,41,42,45)(H3,43,46,50,51,58);;;;/t21-,22+,23+,26-,27-;;;;/m0..../s1. The zero-order valence-electron chi connectivity index (χ0n) is 39.7. The van der Waals surface area contributed by atoms with E-state index >= 15 is 0 Å². The third-order valence-electron chi connectivity index (χ3n) is 9.82. The predicted octanol–water partition coefficient (Wildman–Crippen LogP) is -1.92. The lowest BCUT2D eigenvalue weighted by atomic mass is 9.92. The minimum atomic E-state index is -1.26. The minimum absolute atomic E-state index is 0.0624. The monoisotopic (exact) mass is 1040 g/mol. The molecule has 0 unspecified atom stereocenters. The number of nitrogens with two attached hydrogens (primary N) is 3. The average molecular weight is 1040 g/mol. The van der Waals surface area contributed by atoms with Gasteiger partial charge in [0.25, 0.3) is 5.56 Å². The van der Waals surface area contributed by atoms with E-state index in [-0.39, 0.29) is 110 Å². The fourth-order valence-corrected chi connectivity index (χ4v) is 6.31. The topological polar surface area (TPSA) is 474 Å². The lowest BCUT2D eigenvalue weighted by Crippen LogP contribution is -2.45. The number of ketones is 3. The molecule has 0 saturated heterocycles. The molecule has 394 valence electrons. The van der Waals surface area contributed by atoms with Gasteiger partial charge < -0.3 is 38.3 Å². The summed E-state index contributed by atoms with van der Waals surface area (Å²) in [5, 5.41) is 17.7. The average Bonchev–Trinajstić information content (AvgIpc) is 3.33. The molecule has 5 atom stereocenters. The highest BCUT2D eigenvalue weighted by Crippen LogP contribution is 2.19. The van der Waals surface area contributed by atoms with Crippen LogP contribution in [0.2, 0.25) is 0 Å². The largest absolute Gasteiger partial charge is 0.481 e. The normalized spacial score (nSPS) is 11.7. The first kappa shape index (κ1) is 66.4. The third-order valence-corrected chi connectivity index (χ3v) is 10.0. The van der Waals surface area contributed by atoms with Crippen molar-refractivity contribution in [1.82, 2.24) is 35.9 Å². The molecule has 0 aliphatic rings. The molecule has 2 heterocycles. The van der Waals surface area contributed by atoms with Crippen LogP contribution in [0, 0.1) is 17.8 Å². The summed E-state index contributed by atoms with van der Waals surface area (Å²) in [6.45, 7) is 5.05. The van der Waals surface area contributed by atoms with E-state index in [0.717, 1.165) is 5.56 Å². The molecule has 28 nitrogen and oxygen atoms in total. The van der Waals surface area contributed by atoms with Crippen LogP contribution in [-0.4, -0.2) is 128 Å². The summed E-state index contributed by atoms with van der Waals surface area (Å²) in [5.74, 6) is -6.56. The zero-order valence-corrected chi connectivity index (χ0v) is 40.6. The Hall–Kier alpha value is -8.73. The van der Waals surface area contributed by atoms with Crippen molar-refractivity contribution in [1.29, 1.82) is 0 Å². The number of carboxylic acids is 1. The van der Waals surface area contributed by atoms with E-state index in [1.165, 1.54) is 20.0 Å². The van der Waals surface area contributed by atoms with E-state index in [1.807, 2.05) is 0 Å². The summed E-state index contributed by atoms with van der Waals surface area (Å²) in [6, 6.07) is 4.62. The number of nitrogens with one attached hydrogen (secondary N) is 4. The van der Waals surface area contributed by atoms with E-state index < -0.39 is 64.7 Å². The molecule has 11 N–H and O–H groups in total. The van der Waals surface area contributed by atoms with Gasteiger partial charge in [-0.15, -0.1) is 0 Å². The molecular formula is C44H55N11O17S. The number of carbonyl (C=O) groups excluding carboxylic acids is 14. The van der Waals surface area contributed by atoms with Crippen molar-refractivity contribution >= 4 is 101 Å². The fraction of sp³-hybridized carbons (Fsp3) is 0.455. The molecule has 0 radical (unpaired) electrons. The number of nitrogens with zero attached hydrogens (tertiary/aromatic N) is 4. The Balaban J connectivity index is 0. The Kier molecular flexibility index (Phi) is 34.6. The van der Waals surface area contributed by atoms with E-state index in [9.17, 15) is 43.5 Å². The van der Waals surface area contributed by atoms with E-state index in [1.54, 1.807) is 31.2 Å². The quantitative estimate of drug-likeness (QED) is 0.0139. The highest BCUT2D eigenvalue weighted by molar-refractivity contribution is 7.80. The summed E-state index contributed by atoms with van der Waals surface area (Å²) in [7, 11) is 0. The number of amides is 3. The molecule has 73 heavy (non-hydrogen) atoms. The van der Waals surface area contributed by atoms with Crippen molar-refractivity contribution in [2.45, 2.75) is 90.6 Å². The second kappa shape index (κ2) is 38.1. The Morgan fingerprint density at radius 2 is 1.33 bits per heavy atom. The summed E-state index contributed by atoms with van der Waals surface area (Å²) in [4.78, 5) is 186. The number of carboxylic acid groups (broad SMARTS) is 1. The van der Waals surface area contributed by atoms with Crippen LogP contribution in [0.3, 0.4) is 0 Å². The van der Waals surface area contributed by atoms with Crippen molar-refractivity contribution in [2.24, 2.45) is 34.2 Å². The van der Waals surface area contributed by atoms with Gasteiger partial charge >= 0.3 is 30.6 Å². The first-order chi connectivity index (χ1) is 34.5. The van der Waals surface area contributed by atoms with Crippen molar-refractivity contribution < 1.29 is 77.0 Å². The lowest BCUT2D eigenvalue weighted by molar-refractivity contribution is -0.193. The molecule has 1 aromatic carbocycles. The molecule has 0 spiro atoms. The number of hydrogen-bond acceptors (Lipinski definition) is 22. The summed E-state index contributed by atoms with van der Waals surface area (Å²) in [5.41, 5.74) is 17.7. The smallest absolute Gasteiger partial charge is 0.373 e. The Labute approximate surface area is 420 Å². The van der Waals surface area contributed by atoms with Crippen LogP contribution in [0.15, 0.2) is 40.2 Å². The number of aliphatic imine (C=N–C) groups is 1. The third kappa shape index (κ3) is 28.5. The van der Waals surface area contributed by atoms with Crippen LogP contribution in [0.1, 0.15) is 87.3 Å². The van der Waals surface area contributed by atoms with Gasteiger partial charge in [-0.1, -0.05) is 31.2 Å². The van der Waals surface area contributed by atoms with Crippen LogP contribution in [0.5, 0.6) is 0 Å². The van der Waals surface area contributed by atoms with Gasteiger partial charge in [-0.25, -0.2) is 9.97 Å². The number of H-pyrrole nitrogens is 1. The number of hydrogen-bond donors (Lipinski definition) is 9. The maximum Gasteiger partial charge on any atom is 0.373 e. The van der Waals surface area contributed by atoms with Gasteiger partial charge in [-0.3, -0.25) is 48.3 Å². The maximum absolute atomic E-state index is 13.3. The number of carbonyl (C=O) groups is 7. The second-order valence-electron chi connectivity index (χ2n) is 15.1. The van der Waals surface area contributed by atoms with Gasteiger partial charge in [0.1, 0.15) is 0 Å². The molecule has 0 aliphatic carbocycles. The number of rotatable bonds is 26. The molecule has 3 amide bonds. The van der Waals surface area contributed by atoms with Gasteiger partial charge in [0.05, 0.1) is 29.9 Å². The molecule has 0 saturated carbocycles. The number of Topliss-reactive ketones (excluding diaryl/α,β-unsaturated/α-hetero) is 3.